The molecule has 4 aliphatic rings. The summed E-state index contributed by atoms with van der Waals surface area (Å²) in [7, 11) is 0. The Bertz CT molecular complexity index is 793. The van der Waals surface area contributed by atoms with E-state index in [1.165, 1.54) is 0 Å². The van der Waals surface area contributed by atoms with Gasteiger partial charge in [0.15, 0.2) is 0 Å². The fourth-order valence-corrected chi connectivity index (χ4v) is 9.05. The Morgan fingerprint density at radius 3 is 2.20 bits per heavy atom. The average Bonchev–Trinajstić information content (AvgIpc) is 3.09. The minimum Gasteiger partial charge on any atom is -0.465 e. The third-order valence-corrected chi connectivity index (χ3v) is 11.8. The van der Waals surface area contributed by atoms with Crippen molar-refractivity contribution in [3.8, 4) is 0 Å². The minimum absolute atomic E-state index is 0.0155. The molecule has 35 heavy (non-hydrogen) atoms. The summed E-state index contributed by atoms with van der Waals surface area (Å²) in [5.74, 6) is 0.542. The molecule has 4 fully saturated rings. The fraction of sp³-hybridized carbons (Fsp3) is 0.966. The standard InChI is InChI=1S/C29H50O6/c1-15(24(32)25(33)16(2)27(3,4)5)18-8-9-19-17-14-35-26(34)21-12-22(30)23(31)13-29(21,7)20(17)10-11-28(18,19)6/h15-25,30-33H,8-14H2,1-7H3/t15-,16+,17-,18+,19-,20-,21+,22-,23+,24+,25+,28+,29+/m0/s1. The van der Waals surface area contributed by atoms with Crippen LogP contribution in [-0.2, 0) is 9.53 Å². The van der Waals surface area contributed by atoms with Gasteiger partial charge >= 0.3 is 5.97 Å². The lowest BCUT2D eigenvalue weighted by molar-refractivity contribution is -0.162. The van der Waals surface area contributed by atoms with Gasteiger partial charge < -0.3 is 25.2 Å². The van der Waals surface area contributed by atoms with Crippen LogP contribution in [0, 0.1) is 57.7 Å². The molecule has 4 rings (SSSR count). The molecule has 6 heteroatoms. The lowest BCUT2D eigenvalue weighted by Gasteiger charge is -2.56. The van der Waals surface area contributed by atoms with E-state index >= 15 is 0 Å². The number of cyclic esters (lactones) is 1. The lowest BCUT2D eigenvalue weighted by atomic mass is 9.48. The van der Waals surface area contributed by atoms with Gasteiger partial charge in [-0.25, -0.2) is 0 Å². The number of carbonyl (C=O) groups excluding carboxylic acids is 1. The van der Waals surface area contributed by atoms with Crippen LogP contribution in [0.5, 0.6) is 0 Å². The van der Waals surface area contributed by atoms with Crippen molar-refractivity contribution in [2.24, 2.45) is 57.7 Å². The maximum Gasteiger partial charge on any atom is 0.309 e. The number of carbonyl (C=O) groups is 1. The fourth-order valence-electron chi connectivity index (χ4n) is 9.05. The second-order valence-electron chi connectivity index (χ2n) is 14.4. The molecule has 13 atom stereocenters. The van der Waals surface area contributed by atoms with E-state index in [2.05, 4.69) is 41.5 Å². The van der Waals surface area contributed by atoms with Gasteiger partial charge in [-0.1, -0.05) is 48.5 Å². The third kappa shape index (κ3) is 4.38. The summed E-state index contributed by atoms with van der Waals surface area (Å²) >= 11 is 0. The first-order chi connectivity index (χ1) is 16.1. The number of rotatable bonds is 4. The highest BCUT2D eigenvalue weighted by atomic mass is 16.5. The molecular formula is C29H50O6. The molecule has 4 N–H and O–H groups in total. The molecule has 0 aromatic rings. The van der Waals surface area contributed by atoms with E-state index < -0.39 is 24.4 Å². The summed E-state index contributed by atoms with van der Waals surface area (Å²) in [6.07, 6.45) is 1.53. The second-order valence-corrected chi connectivity index (χ2v) is 14.4. The van der Waals surface area contributed by atoms with Crippen molar-refractivity contribution < 1.29 is 30.0 Å². The van der Waals surface area contributed by atoms with Crippen LogP contribution in [0.15, 0.2) is 0 Å². The Morgan fingerprint density at radius 1 is 0.943 bits per heavy atom. The number of hydrogen-bond donors (Lipinski definition) is 4. The van der Waals surface area contributed by atoms with Gasteiger partial charge in [0, 0.05) is 0 Å². The predicted octanol–water partition coefficient (Wildman–Crippen LogP) is 3.78. The van der Waals surface area contributed by atoms with Gasteiger partial charge in [0.05, 0.1) is 36.9 Å². The van der Waals surface area contributed by atoms with E-state index in [-0.39, 0.29) is 58.2 Å². The van der Waals surface area contributed by atoms with Crippen LogP contribution < -0.4 is 0 Å². The predicted molar refractivity (Wildman–Crippen MR) is 134 cm³/mol. The molecule has 0 amide bonds. The summed E-state index contributed by atoms with van der Waals surface area (Å²) in [5, 5.41) is 43.2. The quantitative estimate of drug-likeness (QED) is 0.443. The molecule has 1 aliphatic heterocycles. The van der Waals surface area contributed by atoms with Gasteiger partial charge in [0.2, 0.25) is 0 Å². The highest BCUT2D eigenvalue weighted by Crippen LogP contribution is 2.66. The summed E-state index contributed by atoms with van der Waals surface area (Å²) in [4.78, 5) is 13.0. The van der Waals surface area contributed by atoms with Gasteiger partial charge in [-0.3, -0.25) is 4.79 Å². The minimum atomic E-state index is -0.869. The number of hydrogen-bond acceptors (Lipinski definition) is 6. The summed E-state index contributed by atoms with van der Waals surface area (Å²) < 4.78 is 5.87. The average molecular weight is 495 g/mol. The molecule has 0 bridgehead atoms. The monoisotopic (exact) mass is 494 g/mol. The van der Waals surface area contributed by atoms with Crippen LogP contribution in [0.3, 0.4) is 0 Å². The summed E-state index contributed by atoms with van der Waals surface area (Å²) in [5.41, 5.74) is -0.448. The largest absolute Gasteiger partial charge is 0.465 e. The highest BCUT2D eigenvalue weighted by molar-refractivity contribution is 5.74. The summed E-state index contributed by atoms with van der Waals surface area (Å²) in [6, 6.07) is 0. The van der Waals surface area contributed by atoms with E-state index in [4.69, 9.17) is 4.74 Å². The smallest absolute Gasteiger partial charge is 0.309 e. The molecule has 6 nitrogen and oxygen atoms in total. The Morgan fingerprint density at radius 2 is 1.57 bits per heavy atom. The molecule has 0 spiro atoms. The molecule has 1 heterocycles. The first-order valence-corrected chi connectivity index (χ1v) is 14.0. The molecule has 202 valence electrons. The molecule has 0 radical (unpaired) electrons. The number of fused-ring (bicyclic) bond motifs is 5. The molecular weight excluding hydrogens is 444 g/mol. The second kappa shape index (κ2) is 9.25. The van der Waals surface area contributed by atoms with Crippen molar-refractivity contribution in [2.45, 2.75) is 111 Å². The van der Waals surface area contributed by atoms with Crippen molar-refractivity contribution >= 4 is 5.97 Å². The zero-order chi connectivity index (χ0) is 26.1. The van der Waals surface area contributed by atoms with E-state index in [0.717, 1.165) is 25.7 Å². The first-order valence-electron chi connectivity index (χ1n) is 14.0. The van der Waals surface area contributed by atoms with Crippen LogP contribution in [0.4, 0.5) is 0 Å². The van der Waals surface area contributed by atoms with Crippen LogP contribution in [0.25, 0.3) is 0 Å². The Kier molecular flexibility index (Phi) is 7.23. The first kappa shape index (κ1) is 27.3. The summed E-state index contributed by atoms with van der Waals surface area (Å²) in [6.45, 7) is 15.4. The molecule has 3 saturated carbocycles. The maximum absolute atomic E-state index is 13.0. The zero-order valence-electron chi connectivity index (χ0n) is 22.9. The van der Waals surface area contributed by atoms with Gasteiger partial charge in [-0.2, -0.15) is 0 Å². The van der Waals surface area contributed by atoms with E-state index in [9.17, 15) is 25.2 Å². The lowest BCUT2D eigenvalue weighted by Crippen LogP contribution is -2.55. The highest BCUT2D eigenvalue weighted by Gasteiger charge is 2.63. The van der Waals surface area contributed by atoms with Crippen molar-refractivity contribution in [1.82, 2.24) is 0 Å². The molecule has 0 aromatic carbocycles. The SMILES string of the molecule is C[C@H]([C@@H](O)[C@H](O)[C@@H](C)C(C)(C)C)[C@H]1CC[C@H]2[C@@H]3COC(=O)[C@H]4C[C@H](O)[C@H](O)C[C@]4(C)[C@H]3CC[C@]12C. The van der Waals surface area contributed by atoms with Crippen LogP contribution >= 0.6 is 0 Å². The van der Waals surface area contributed by atoms with Crippen LogP contribution in [0.1, 0.15) is 87.0 Å². The maximum atomic E-state index is 13.0. The van der Waals surface area contributed by atoms with Crippen LogP contribution in [-0.4, -0.2) is 57.4 Å². The molecule has 0 unspecified atom stereocenters. The molecule has 1 saturated heterocycles. The van der Waals surface area contributed by atoms with Crippen molar-refractivity contribution in [3.63, 3.8) is 0 Å². The topological polar surface area (TPSA) is 107 Å². The Hall–Kier alpha value is -0.690. The van der Waals surface area contributed by atoms with Gasteiger partial charge in [0.1, 0.15) is 0 Å². The number of aliphatic hydroxyl groups is 4. The Balaban J connectivity index is 1.57. The Labute approximate surface area is 211 Å². The van der Waals surface area contributed by atoms with Gasteiger partial charge in [-0.05, 0) is 90.3 Å². The van der Waals surface area contributed by atoms with E-state index in [1.54, 1.807) is 0 Å². The number of esters is 1. The number of aliphatic hydroxyl groups excluding tert-OH is 4. The number of ether oxygens (including phenoxy) is 1. The molecule has 0 aromatic heterocycles. The van der Waals surface area contributed by atoms with E-state index in [0.29, 0.717) is 24.9 Å². The van der Waals surface area contributed by atoms with Crippen molar-refractivity contribution in [1.29, 1.82) is 0 Å². The zero-order valence-corrected chi connectivity index (χ0v) is 22.9. The van der Waals surface area contributed by atoms with Gasteiger partial charge in [-0.15, -0.1) is 0 Å². The normalized spacial score (nSPS) is 47.4. The van der Waals surface area contributed by atoms with Crippen molar-refractivity contribution in [2.75, 3.05) is 6.61 Å². The molecule has 3 aliphatic carbocycles. The van der Waals surface area contributed by atoms with Gasteiger partial charge in [0.25, 0.3) is 0 Å². The van der Waals surface area contributed by atoms with E-state index in [1.807, 2.05) is 6.92 Å². The third-order valence-electron chi connectivity index (χ3n) is 11.8. The van der Waals surface area contributed by atoms with Crippen LogP contribution in [0.2, 0.25) is 0 Å². The van der Waals surface area contributed by atoms with Crippen molar-refractivity contribution in [3.05, 3.63) is 0 Å².